The normalized spacial score (nSPS) is 20.6. The largest absolute Gasteiger partial charge is 0.440 e. The Bertz CT molecular complexity index is 1160. The molecular formula is C25H23F2N3O. The Morgan fingerprint density at radius 2 is 1.77 bits per heavy atom. The Morgan fingerprint density at radius 1 is 1.10 bits per heavy atom. The minimum absolute atomic E-state index is 0.0491. The quantitative estimate of drug-likeness (QED) is 0.774. The van der Waals surface area contributed by atoms with E-state index in [2.05, 4.69) is 24.8 Å². The molecule has 0 bridgehead atoms. The molecule has 0 aromatic heterocycles. The SMILES string of the molecule is CC(C)N1CC2=C(OC(N)=C(C#N)[C@@H]2c2ccccc2F)/C(=C/c2ccccc2F)C1. The van der Waals surface area contributed by atoms with Gasteiger partial charge >= 0.3 is 0 Å². The standard InChI is InChI=1S/C25H23F2N3O/c1-15(2)30-13-17(11-16-7-3-5-9-21(16)26)24-20(14-30)23(19(12-28)25(29)31-24)18-8-4-6-10-22(18)27/h3-11,15,23H,13-14,29H2,1-2H3/b17-11+/t23-/m0/s1. The Labute approximate surface area is 180 Å². The zero-order valence-electron chi connectivity index (χ0n) is 17.4. The van der Waals surface area contributed by atoms with Crippen LogP contribution in [-0.4, -0.2) is 24.0 Å². The van der Waals surface area contributed by atoms with Crippen LogP contribution in [0.4, 0.5) is 8.78 Å². The number of hydrogen-bond donors (Lipinski definition) is 1. The summed E-state index contributed by atoms with van der Waals surface area (Å²) in [5.41, 5.74) is 8.58. The first-order valence-electron chi connectivity index (χ1n) is 10.1. The van der Waals surface area contributed by atoms with Crippen molar-refractivity contribution < 1.29 is 13.5 Å². The van der Waals surface area contributed by atoms with Gasteiger partial charge in [0.1, 0.15) is 29.0 Å². The van der Waals surface area contributed by atoms with E-state index in [4.69, 9.17) is 10.5 Å². The molecule has 4 rings (SSSR count). The van der Waals surface area contributed by atoms with Crippen LogP contribution in [0.15, 0.2) is 76.9 Å². The van der Waals surface area contributed by atoms with Crippen LogP contribution >= 0.6 is 0 Å². The highest BCUT2D eigenvalue weighted by molar-refractivity contribution is 5.63. The molecule has 31 heavy (non-hydrogen) atoms. The van der Waals surface area contributed by atoms with Crippen molar-refractivity contribution in [3.05, 3.63) is 99.7 Å². The molecule has 2 heterocycles. The minimum Gasteiger partial charge on any atom is -0.440 e. The second-order valence-corrected chi connectivity index (χ2v) is 7.99. The predicted octanol–water partition coefficient (Wildman–Crippen LogP) is 4.83. The van der Waals surface area contributed by atoms with Gasteiger partial charge in [0.25, 0.3) is 0 Å². The monoisotopic (exact) mass is 419 g/mol. The molecule has 6 heteroatoms. The lowest BCUT2D eigenvalue weighted by Gasteiger charge is -2.40. The molecule has 0 spiro atoms. The molecular weight excluding hydrogens is 396 g/mol. The van der Waals surface area contributed by atoms with E-state index >= 15 is 0 Å². The Kier molecular flexibility index (Phi) is 5.62. The third-order valence-corrected chi connectivity index (χ3v) is 5.75. The van der Waals surface area contributed by atoms with Gasteiger partial charge in [-0.25, -0.2) is 8.78 Å². The van der Waals surface area contributed by atoms with E-state index < -0.39 is 11.7 Å². The lowest BCUT2D eigenvalue weighted by atomic mass is 9.79. The number of rotatable bonds is 3. The van der Waals surface area contributed by atoms with E-state index in [0.29, 0.717) is 30.0 Å². The van der Waals surface area contributed by atoms with Crippen molar-refractivity contribution in [1.29, 1.82) is 5.26 Å². The van der Waals surface area contributed by atoms with E-state index in [0.717, 1.165) is 11.1 Å². The van der Waals surface area contributed by atoms with E-state index in [1.54, 1.807) is 42.5 Å². The Hall–Kier alpha value is -3.43. The third-order valence-electron chi connectivity index (χ3n) is 5.75. The predicted molar refractivity (Wildman–Crippen MR) is 115 cm³/mol. The highest BCUT2D eigenvalue weighted by Crippen LogP contribution is 2.44. The fraction of sp³-hybridized carbons (Fsp3) is 0.240. The minimum atomic E-state index is -0.666. The summed E-state index contributed by atoms with van der Waals surface area (Å²) in [5.74, 6) is -0.984. The molecule has 0 fully saturated rings. The first-order chi connectivity index (χ1) is 14.9. The molecule has 0 unspecified atom stereocenters. The number of halogens is 2. The molecule has 1 atom stereocenters. The van der Waals surface area contributed by atoms with Gasteiger partial charge in [-0.2, -0.15) is 5.26 Å². The molecule has 0 aliphatic carbocycles. The highest BCUT2D eigenvalue weighted by Gasteiger charge is 2.39. The number of benzene rings is 2. The molecule has 2 aliphatic heterocycles. The number of nitriles is 1. The van der Waals surface area contributed by atoms with Crippen LogP contribution in [-0.2, 0) is 4.74 Å². The highest BCUT2D eigenvalue weighted by atomic mass is 19.1. The Morgan fingerprint density at radius 3 is 2.42 bits per heavy atom. The van der Waals surface area contributed by atoms with Gasteiger partial charge in [0.2, 0.25) is 5.88 Å². The number of ether oxygens (including phenoxy) is 1. The summed E-state index contributed by atoms with van der Waals surface area (Å²) >= 11 is 0. The molecule has 2 aromatic rings. The first-order valence-corrected chi connectivity index (χ1v) is 10.1. The van der Waals surface area contributed by atoms with Crippen molar-refractivity contribution in [3.8, 4) is 6.07 Å². The molecule has 2 aliphatic rings. The smallest absolute Gasteiger partial charge is 0.205 e. The number of nitrogens with two attached hydrogens (primary N) is 1. The zero-order chi connectivity index (χ0) is 22.1. The molecule has 0 amide bonds. The lowest BCUT2D eigenvalue weighted by Crippen LogP contribution is -2.41. The molecule has 4 nitrogen and oxygen atoms in total. The van der Waals surface area contributed by atoms with Crippen LogP contribution in [0.3, 0.4) is 0 Å². The van der Waals surface area contributed by atoms with Gasteiger partial charge in [0.05, 0.1) is 5.92 Å². The fourth-order valence-corrected chi connectivity index (χ4v) is 4.11. The van der Waals surface area contributed by atoms with Crippen LogP contribution in [0.1, 0.15) is 30.9 Å². The third kappa shape index (κ3) is 3.85. The second kappa shape index (κ2) is 8.37. The molecule has 0 saturated carbocycles. The summed E-state index contributed by atoms with van der Waals surface area (Å²) in [6.45, 7) is 5.12. The summed E-state index contributed by atoms with van der Waals surface area (Å²) in [6.07, 6.45) is 1.74. The molecule has 2 aromatic carbocycles. The van der Waals surface area contributed by atoms with Crippen molar-refractivity contribution in [3.63, 3.8) is 0 Å². The van der Waals surface area contributed by atoms with Crippen LogP contribution < -0.4 is 5.73 Å². The van der Waals surface area contributed by atoms with Gasteiger partial charge in [0, 0.05) is 35.8 Å². The number of allylic oxidation sites excluding steroid dienone is 1. The van der Waals surface area contributed by atoms with E-state index in [1.165, 1.54) is 12.1 Å². The van der Waals surface area contributed by atoms with Crippen LogP contribution in [0.2, 0.25) is 0 Å². The summed E-state index contributed by atoms with van der Waals surface area (Å²) < 4.78 is 35.1. The Balaban J connectivity index is 1.93. The summed E-state index contributed by atoms with van der Waals surface area (Å²) in [4.78, 5) is 2.18. The van der Waals surface area contributed by atoms with Crippen LogP contribution in [0.25, 0.3) is 6.08 Å². The first kappa shape index (κ1) is 20.8. The maximum Gasteiger partial charge on any atom is 0.205 e. The second-order valence-electron chi connectivity index (χ2n) is 7.99. The van der Waals surface area contributed by atoms with Crippen molar-refractivity contribution in [2.45, 2.75) is 25.8 Å². The van der Waals surface area contributed by atoms with Gasteiger partial charge in [0.15, 0.2) is 0 Å². The number of hydrogen-bond acceptors (Lipinski definition) is 4. The average Bonchev–Trinajstić information content (AvgIpc) is 2.75. The molecule has 0 radical (unpaired) electrons. The number of nitrogens with zero attached hydrogens (tertiary/aromatic N) is 2. The van der Waals surface area contributed by atoms with Gasteiger partial charge in [-0.3, -0.25) is 4.90 Å². The van der Waals surface area contributed by atoms with Crippen LogP contribution in [0.5, 0.6) is 0 Å². The molecule has 2 N–H and O–H groups in total. The summed E-state index contributed by atoms with van der Waals surface area (Å²) in [5, 5.41) is 9.80. The van der Waals surface area contributed by atoms with Crippen molar-refractivity contribution in [1.82, 2.24) is 4.90 Å². The van der Waals surface area contributed by atoms with Gasteiger partial charge < -0.3 is 10.5 Å². The van der Waals surface area contributed by atoms with Crippen molar-refractivity contribution >= 4 is 6.08 Å². The lowest BCUT2D eigenvalue weighted by molar-refractivity contribution is 0.207. The summed E-state index contributed by atoms with van der Waals surface area (Å²) in [6, 6.07) is 15.1. The van der Waals surface area contributed by atoms with Crippen molar-refractivity contribution in [2.75, 3.05) is 13.1 Å². The average molecular weight is 419 g/mol. The molecule has 158 valence electrons. The van der Waals surface area contributed by atoms with Gasteiger partial charge in [-0.05, 0) is 37.6 Å². The van der Waals surface area contributed by atoms with Gasteiger partial charge in [-0.15, -0.1) is 0 Å². The van der Waals surface area contributed by atoms with E-state index in [-0.39, 0.29) is 23.3 Å². The van der Waals surface area contributed by atoms with Crippen molar-refractivity contribution in [2.24, 2.45) is 5.73 Å². The molecule has 0 saturated heterocycles. The van der Waals surface area contributed by atoms with Gasteiger partial charge in [-0.1, -0.05) is 36.4 Å². The maximum atomic E-state index is 14.8. The zero-order valence-corrected chi connectivity index (χ0v) is 17.4. The summed E-state index contributed by atoms with van der Waals surface area (Å²) in [7, 11) is 0. The fourth-order valence-electron chi connectivity index (χ4n) is 4.11. The topological polar surface area (TPSA) is 62.3 Å². The van der Waals surface area contributed by atoms with Crippen LogP contribution in [0, 0.1) is 23.0 Å². The van der Waals surface area contributed by atoms with E-state index in [9.17, 15) is 14.0 Å². The van der Waals surface area contributed by atoms with E-state index in [1.807, 2.05) is 0 Å². The maximum absolute atomic E-state index is 14.8.